The molecule has 2 unspecified atom stereocenters. The summed E-state index contributed by atoms with van der Waals surface area (Å²) in [7, 11) is 0. The van der Waals surface area contributed by atoms with Crippen molar-refractivity contribution in [2.75, 3.05) is 0 Å². The lowest BCUT2D eigenvalue weighted by Crippen LogP contribution is -2.32. The van der Waals surface area contributed by atoms with E-state index in [0.717, 1.165) is 18.8 Å². The molecule has 0 saturated heterocycles. The molecule has 1 saturated carbocycles. The first-order chi connectivity index (χ1) is 7.65. The fourth-order valence-corrected chi connectivity index (χ4v) is 2.52. The van der Waals surface area contributed by atoms with E-state index in [9.17, 15) is 4.79 Å². The lowest BCUT2D eigenvalue weighted by Gasteiger charge is -2.12. The number of carbonyl (C=O) groups is 1. The zero-order valence-corrected chi connectivity index (χ0v) is 10.8. The molecule has 1 aliphatic rings. The summed E-state index contributed by atoms with van der Waals surface area (Å²) in [6.07, 6.45) is 5.04. The number of hydrogen-bond acceptors (Lipinski definition) is 2. The zero-order chi connectivity index (χ0) is 11.5. The number of amides is 1. The summed E-state index contributed by atoms with van der Waals surface area (Å²) in [4.78, 5) is 15.9. The molecule has 4 heteroatoms. The summed E-state index contributed by atoms with van der Waals surface area (Å²) >= 11 is 3.26. The molecule has 1 aliphatic carbocycles. The Kier molecular flexibility index (Phi) is 3.59. The Morgan fingerprint density at radius 1 is 1.56 bits per heavy atom. The molecular weight excluding hydrogens is 268 g/mol. The van der Waals surface area contributed by atoms with E-state index in [0.29, 0.717) is 16.2 Å². The predicted molar refractivity (Wildman–Crippen MR) is 66.2 cm³/mol. The van der Waals surface area contributed by atoms with Crippen LogP contribution in [0.25, 0.3) is 0 Å². The standard InChI is InChI=1S/C12H15BrN2O/c1-8-2-3-10(6-8)15-12(16)9-4-5-14-11(13)7-9/h4-5,7-8,10H,2-3,6H2,1H3,(H,15,16). The summed E-state index contributed by atoms with van der Waals surface area (Å²) < 4.78 is 0.694. The smallest absolute Gasteiger partial charge is 0.251 e. The van der Waals surface area contributed by atoms with Crippen LogP contribution in [0, 0.1) is 5.92 Å². The van der Waals surface area contributed by atoms with Crippen LogP contribution in [0.3, 0.4) is 0 Å². The number of aromatic nitrogens is 1. The molecule has 0 aliphatic heterocycles. The van der Waals surface area contributed by atoms with Crippen LogP contribution in [0.4, 0.5) is 0 Å². The van der Waals surface area contributed by atoms with Gasteiger partial charge in [-0.2, -0.15) is 0 Å². The molecule has 0 bridgehead atoms. The van der Waals surface area contributed by atoms with Gasteiger partial charge in [0, 0.05) is 17.8 Å². The maximum atomic E-state index is 11.9. The summed E-state index contributed by atoms with van der Waals surface area (Å²) in [5, 5.41) is 3.07. The molecule has 1 amide bonds. The highest BCUT2D eigenvalue weighted by molar-refractivity contribution is 9.10. The van der Waals surface area contributed by atoms with E-state index in [4.69, 9.17) is 0 Å². The Morgan fingerprint density at radius 3 is 3.00 bits per heavy atom. The number of carbonyl (C=O) groups excluding carboxylic acids is 1. The number of rotatable bonds is 2. The molecule has 1 N–H and O–H groups in total. The third kappa shape index (κ3) is 2.82. The molecule has 3 nitrogen and oxygen atoms in total. The number of hydrogen-bond donors (Lipinski definition) is 1. The second kappa shape index (κ2) is 4.95. The van der Waals surface area contributed by atoms with Crippen LogP contribution in [0.5, 0.6) is 0 Å². The topological polar surface area (TPSA) is 42.0 Å². The van der Waals surface area contributed by atoms with Crippen LogP contribution in [-0.2, 0) is 0 Å². The normalized spacial score (nSPS) is 24.4. The monoisotopic (exact) mass is 282 g/mol. The van der Waals surface area contributed by atoms with Crippen molar-refractivity contribution in [1.29, 1.82) is 0 Å². The Morgan fingerprint density at radius 2 is 2.38 bits per heavy atom. The van der Waals surface area contributed by atoms with Gasteiger partial charge in [-0.05, 0) is 53.2 Å². The predicted octanol–water partition coefficient (Wildman–Crippen LogP) is 2.76. The van der Waals surface area contributed by atoms with Crippen molar-refractivity contribution in [3.05, 3.63) is 28.5 Å². The lowest BCUT2D eigenvalue weighted by atomic mass is 10.1. The first-order valence-electron chi connectivity index (χ1n) is 5.57. The second-order valence-corrected chi connectivity index (χ2v) is 5.27. The van der Waals surface area contributed by atoms with E-state index in [1.54, 1.807) is 18.3 Å². The molecule has 16 heavy (non-hydrogen) atoms. The third-order valence-electron chi connectivity index (χ3n) is 3.02. The highest BCUT2D eigenvalue weighted by atomic mass is 79.9. The van der Waals surface area contributed by atoms with Crippen molar-refractivity contribution < 1.29 is 4.79 Å². The Bertz CT molecular complexity index is 394. The maximum Gasteiger partial charge on any atom is 0.251 e. The van der Waals surface area contributed by atoms with Crippen molar-refractivity contribution in [2.24, 2.45) is 5.92 Å². The van der Waals surface area contributed by atoms with E-state index in [1.807, 2.05) is 0 Å². The summed E-state index contributed by atoms with van der Waals surface area (Å²) in [5.41, 5.74) is 0.668. The van der Waals surface area contributed by atoms with E-state index < -0.39 is 0 Å². The number of halogens is 1. The van der Waals surface area contributed by atoms with Gasteiger partial charge >= 0.3 is 0 Å². The fraction of sp³-hybridized carbons (Fsp3) is 0.500. The molecule has 0 aromatic carbocycles. The van der Waals surface area contributed by atoms with Crippen LogP contribution in [0.15, 0.2) is 22.9 Å². The van der Waals surface area contributed by atoms with Crippen molar-refractivity contribution in [1.82, 2.24) is 10.3 Å². The minimum atomic E-state index is 0.00204. The first-order valence-corrected chi connectivity index (χ1v) is 6.37. The number of nitrogens with zero attached hydrogens (tertiary/aromatic N) is 1. The molecule has 1 fully saturated rings. The molecule has 86 valence electrons. The highest BCUT2D eigenvalue weighted by Crippen LogP contribution is 2.24. The van der Waals surface area contributed by atoms with Crippen molar-refractivity contribution >= 4 is 21.8 Å². The first kappa shape index (κ1) is 11.6. The van der Waals surface area contributed by atoms with Crippen LogP contribution in [-0.4, -0.2) is 16.9 Å². The van der Waals surface area contributed by atoms with E-state index in [1.165, 1.54) is 6.42 Å². The van der Waals surface area contributed by atoms with Gasteiger partial charge in [0.25, 0.3) is 5.91 Å². The van der Waals surface area contributed by atoms with Crippen LogP contribution in [0.1, 0.15) is 36.5 Å². The molecule has 1 aromatic rings. The molecule has 2 atom stereocenters. The highest BCUT2D eigenvalue weighted by Gasteiger charge is 2.23. The van der Waals surface area contributed by atoms with Gasteiger partial charge in [0.1, 0.15) is 4.60 Å². The zero-order valence-electron chi connectivity index (χ0n) is 9.24. The van der Waals surface area contributed by atoms with Gasteiger partial charge in [-0.15, -0.1) is 0 Å². The quantitative estimate of drug-likeness (QED) is 0.848. The SMILES string of the molecule is CC1CCC(NC(=O)c2ccnc(Br)c2)C1. The lowest BCUT2D eigenvalue weighted by molar-refractivity contribution is 0.0937. The maximum absolute atomic E-state index is 11.9. The third-order valence-corrected chi connectivity index (χ3v) is 3.45. The number of pyridine rings is 1. The fourth-order valence-electron chi connectivity index (χ4n) is 2.15. The van der Waals surface area contributed by atoms with Crippen LogP contribution >= 0.6 is 15.9 Å². The summed E-state index contributed by atoms with van der Waals surface area (Å²) in [5.74, 6) is 0.733. The molecule has 1 heterocycles. The second-order valence-electron chi connectivity index (χ2n) is 4.46. The van der Waals surface area contributed by atoms with E-state index in [2.05, 4.69) is 33.2 Å². The minimum absolute atomic E-state index is 0.00204. The van der Waals surface area contributed by atoms with Gasteiger partial charge in [-0.1, -0.05) is 6.92 Å². The van der Waals surface area contributed by atoms with Crippen molar-refractivity contribution in [3.63, 3.8) is 0 Å². The average Bonchev–Trinajstić information content (AvgIpc) is 2.64. The Balaban J connectivity index is 1.98. The average molecular weight is 283 g/mol. The molecule has 0 radical (unpaired) electrons. The van der Waals surface area contributed by atoms with E-state index in [-0.39, 0.29) is 5.91 Å². The van der Waals surface area contributed by atoms with Gasteiger partial charge in [0.2, 0.25) is 0 Å². The van der Waals surface area contributed by atoms with Gasteiger partial charge < -0.3 is 5.32 Å². The summed E-state index contributed by atoms with van der Waals surface area (Å²) in [6, 6.07) is 3.82. The molecule has 0 spiro atoms. The summed E-state index contributed by atoms with van der Waals surface area (Å²) in [6.45, 7) is 2.23. The van der Waals surface area contributed by atoms with Crippen LogP contribution in [0.2, 0.25) is 0 Å². The minimum Gasteiger partial charge on any atom is -0.349 e. The number of nitrogens with one attached hydrogen (secondary N) is 1. The van der Waals surface area contributed by atoms with Gasteiger partial charge in [0.15, 0.2) is 0 Å². The molecule has 2 rings (SSSR count). The van der Waals surface area contributed by atoms with Crippen LogP contribution < -0.4 is 5.32 Å². The molecular formula is C12H15BrN2O. The van der Waals surface area contributed by atoms with Gasteiger partial charge in [-0.3, -0.25) is 4.79 Å². The Hall–Kier alpha value is -0.900. The van der Waals surface area contributed by atoms with Gasteiger partial charge in [0.05, 0.1) is 0 Å². The largest absolute Gasteiger partial charge is 0.349 e. The molecule has 1 aromatic heterocycles. The van der Waals surface area contributed by atoms with Gasteiger partial charge in [-0.25, -0.2) is 4.98 Å². The van der Waals surface area contributed by atoms with E-state index >= 15 is 0 Å². The Labute approximate surface area is 104 Å². The van der Waals surface area contributed by atoms with Crippen molar-refractivity contribution in [3.8, 4) is 0 Å². The van der Waals surface area contributed by atoms with Crippen molar-refractivity contribution in [2.45, 2.75) is 32.2 Å².